The van der Waals surface area contributed by atoms with Crippen molar-refractivity contribution in [2.24, 2.45) is 5.92 Å². The van der Waals surface area contributed by atoms with E-state index in [1.165, 1.54) is 11.3 Å². The van der Waals surface area contributed by atoms with Crippen molar-refractivity contribution in [2.75, 3.05) is 51.0 Å². The van der Waals surface area contributed by atoms with Crippen molar-refractivity contribution in [3.05, 3.63) is 72.4 Å². The lowest BCUT2D eigenvalue weighted by atomic mass is 9.92. The molecule has 2 aromatic carbocycles. The topological polar surface area (TPSA) is 67.4 Å². The first-order valence-corrected chi connectivity index (χ1v) is 13.5. The molecule has 198 valence electrons. The fraction of sp³-hybridized carbons (Fsp3) is 0.400. The molecule has 3 aromatic rings. The number of pyridine rings is 1. The van der Waals surface area contributed by atoms with Gasteiger partial charge in [0.2, 0.25) is 18.6 Å². The lowest BCUT2D eigenvalue weighted by Gasteiger charge is -2.37. The van der Waals surface area contributed by atoms with Gasteiger partial charge in [-0.05, 0) is 66.8 Å². The number of piperazine rings is 1. The van der Waals surface area contributed by atoms with Crippen LogP contribution < -0.4 is 19.1 Å². The lowest BCUT2D eigenvalue weighted by molar-refractivity contribution is -0.134. The first-order valence-electron chi connectivity index (χ1n) is 13.5. The van der Waals surface area contributed by atoms with Gasteiger partial charge in [0.05, 0.1) is 0 Å². The third kappa shape index (κ3) is 5.86. The Morgan fingerprint density at radius 3 is 2.45 bits per heavy atom. The Kier molecular flexibility index (Phi) is 7.31. The van der Waals surface area contributed by atoms with E-state index in [1.807, 2.05) is 36.4 Å². The molecule has 0 radical (unpaired) electrons. The fourth-order valence-electron chi connectivity index (χ4n) is 5.48. The maximum absolute atomic E-state index is 13.0. The van der Waals surface area contributed by atoms with Crippen molar-refractivity contribution in [1.82, 2.24) is 14.8 Å². The van der Waals surface area contributed by atoms with E-state index in [0.29, 0.717) is 30.9 Å². The summed E-state index contributed by atoms with van der Waals surface area (Å²) in [6.07, 6.45) is 4.47. The summed E-state index contributed by atoms with van der Waals surface area (Å²) in [6, 6.07) is 20.0. The molecule has 38 heavy (non-hydrogen) atoms. The molecule has 3 aliphatic heterocycles. The Morgan fingerprint density at radius 1 is 0.895 bits per heavy atom. The van der Waals surface area contributed by atoms with Gasteiger partial charge in [-0.1, -0.05) is 12.1 Å². The summed E-state index contributed by atoms with van der Waals surface area (Å²) in [7, 11) is 0. The summed E-state index contributed by atoms with van der Waals surface area (Å²) in [5, 5.41) is 0. The predicted molar refractivity (Wildman–Crippen MR) is 145 cm³/mol. The molecule has 0 unspecified atom stereocenters. The quantitative estimate of drug-likeness (QED) is 0.458. The smallest absolute Gasteiger partial charge is 0.231 e. The molecular weight excluding hydrogens is 480 g/mol. The van der Waals surface area contributed by atoms with Gasteiger partial charge in [-0.25, -0.2) is 4.98 Å². The highest BCUT2D eigenvalue weighted by Gasteiger charge is 2.26. The van der Waals surface area contributed by atoms with Gasteiger partial charge in [0.25, 0.3) is 0 Å². The van der Waals surface area contributed by atoms with E-state index in [0.717, 1.165) is 75.9 Å². The number of piperidine rings is 1. The summed E-state index contributed by atoms with van der Waals surface area (Å²) in [5.41, 5.74) is 2.41. The minimum Gasteiger partial charge on any atom is -0.454 e. The van der Waals surface area contributed by atoms with Crippen molar-refractivity contribution >= 4 is 11.6 Å². The van der Waals surface area contributed by atoms with Crippen LogP contribution in [0.15, 0.2) is 66.9 Å². The third-order valence-corrected chi connectivity index (χ3v) is 7.71. The Balaban J connectivity index is 0.924. The van der Waals surface area contributed by atoms with Crippen LogP contribution in [0, 0.1) is 5.92 Å². The van der Waals surface area contributed by atoms with Crippen molar-refractivity contribution in [3.63, 3.8) is 0 Å². The second-order valence-electron chi connectivity index (χ2n) is 10.2. The summed E-state index contributed by atoms with van der Waals surface area (Å²) in [4.78, 5) is 24.1. The molecule has 0 N–H and O–H groups in total. The molecule has 6 rings (SSSR count). The van der Waals surface area contributed by atoms with E-state index in [-0.39, 0.29) is 0 Å². The number of nitrogens with zero attached hydrogens (tertiary/aromatic N) is 4. The maximum atomic E-state index is 13.0. The second kappa shape index (κ2) is 11.3. The monoisotopic (exact) mass is 514 g/mol. The molecule has 2 fully saturated rings. The zero-order valence-corrected chi connectivity index (χ0v) is 21.6. The molecule has 8 nitrogen and oxygen atoms in total. The van der Waals surface area contributed by atoms with Gasteiger partial charge in [-0.2, -0.15) is 0 Å². The molecule has 3 aliphatic rings. The van der Waals surface area contributed by atoms with E-state index in [9.17, 15) is 4.79 Å². The number of fused-ring (bicyclic) bond motifs is 1. The molecule has 0 aliphatic carbocycles. The van der Waals surface area contributed by atoms with Crippen LogP contribution in [0.5, 0.6) is 23.1 Å². The molecule has 1 aromatic heterocycles. The summed E-state index contributed by atoms with van der Waals surface area (Å²) in [5.74, 6) is 3.79. The number of benzene rings is 2. The van der Waals surface area contributed by atoms with Crippen LogP contribution in [0.1, 0.15) is 24.8 Å². The van der Waals surface area contributed by atoms with Crippen molar-refractivity contribution < 1.29 is 19.0 Å². The van der Waals surface area contributed by atoms with Crippen LogP contribution in [0.3, 0.4) is 0 Å². The first-order chi connectivity index (χ1) is 18.7. The van der Waals surface area contributed by atoms with Crippen LogP contribution in [-0.2, 0) is 11.3 Å². The predicted octanol–water partition coefficient (Wildman–Crippen LogP) is 4.55. The molecule has 2 saturated heterocycles. The summed E-state index contributed by atoms with van der Waals surface area (Å²) in [6.45, 7) is 6.52. The van der Waals surface area contributed by atoms with Crippen molar-refractivity contribution in [3.8, 4) is 23.1 Å². The van der Waals surface area contributed by atoms with Crippen LogP contribution in [-0.4, -0.2) is 66.8 Å². The number of carbonyl (C=O) groups is 1. The van der Waals surface area contributed by atoms with E-state index in [4.69, 9.17) is 14.2 Å². The van der Waals surface area contributed by atoms with Gasteiger partial charge in [-0.15, -0.1) is 0 Å². The summed E-state index contributed by atoms with van der Waals surface area (Å²) < 4.78 is 16.7. The number of rotatable bonds is 7. The highest BCUT2D eigenvalue weighted by Crippen LogP contribution is 2.33. The Labute approximate surface area is 223 Å². The van der Waals surface area contributed by atoms with E-state index in [2.05, 4.69) is 43.9 Å². The molecule has 0 atom stereocenters. The van der Waals surface area contributed by atoms with Crippen LogP contribution in [0.25, 0.3) is 0 Å². The number of carbonyl (C=O) groups excluding carboxylic acids is 1. The van der Waals surface area contributed by atoms with Crippen molar-refractivity contribution in [1.29, 1.82) is 0 Å². The van der Waals surface area contributed by atoms with Gasteiger partial charge >= 0.3 is 0 Å². The zero-order valence-electron chi connectivity index (χ0n) is 21.6. The highest BCUT2D eigenvalue weighted by molar-refractivity contribution is 5.76. The summed E-state index contributed by atoms with van der Waals surface area (Å²) >= 11 is 0. The normalized spacial score (nSPS) is 18.0. The molecule has 1 amide bonds. The van der Waals surface area contributed by atoms with Gasteiger partial charge in [0, 0.05) is 70.2 Å². The standard InChI is InChI=1S/C30H34N4O4/c35-30(34-17-15-32(16-18-34)21-24-4-9-27-28(19-24)37-22-36-27)20-23-10-13-33(14-11-23)25-5-7-26(8-6-25)38-29-3-1-2-12-31-29/h1-9,12,19,23H,10-11,13-18,20-22H2. The lowest BCUT2D eigenvalue weighted by Crippen LogP contribution is -2.48. The number of amides is 1. The second-order valence-corrected chi connectivity index (χ2v) is 10.2. The molecular formula is C30H34N4O4. The SMILES string of the molecule is O=C(CC1CCN(c2ccc(Oc3ccccn3)cc2)CC1)N1CCN(Cc2ccc3c(c2)OCO3)CC1. The first kappa shape index (κ1) is 24.6. The minimum atomic E-state index is 0.300. The molecule has 0 bridgehead atoms. The van der Waals surface area contributed by atoms with Gasteiger partial charge in [-0.3, -0.25) is 9.69 Å². The number of aromatic nitrogens is 1. The van der Waals surface area contributed by atoms with E-state index < -0.39 is 0 Å². The van der Waals surface area contributed by atoms with E-state index >= 15 is 0 Å². The largest absolute Gasteiger partial charge is 0.454 e. The van der Waals surface area contributed by atoms with Gasteiger partial charge in [0.15, 0.2) is 11.5 Å². The van der Waals surface area contributed by atoms with Gasteiger partial charge in [0.1, 0.15) is 5.75 Å². The molecule has 4 heterocycles. The number of hydrogen-bond donors (Lipinski definition) is 0. The molecule has 0 saturated carbocycles. The van der Waals surface area contributed by atoms with Crippen molar-refractivity contribution in [2.45, 2.75) is 25.8 Å². The van der Waals surface area contributed by atoms with E-state index in [1.54, 1.807) is 6.20 Å². The minimum absolute atomic E-state index is 0.300. The zero-order chi connectivity index (χ0) is 25.7. The molecule has 8 heteroatoms. The highest BCUT2D eigenvalue weighted by atomic mass is 16.7. The Hall–Kier alpha value is -3.78. The maximum Gasteiger partial charge on any atom is 0.231 e. The Bertz CT molecular complexity index is 1220. The number of ether oxygens (including phenoxy) is 3. The average Bonchev–Trinajstić information content (AvgIpc) is 3.43. The number of anilines is 1. The van der Waals surface area contributed by atoms with Gasteiger partial charge < -0.3 is 24.0 Å². The van der Waals surface area contributed by atoms with Crippen LogP contribution in [0.2, 0.25) is 0 Å². The number of hydrogen-bond acceptors (Lipinski definition) is 7. The Morgan fingerprint density at radius 2 is 1.68 bits per heavy atom. The third-order valence-electron chi connectivity index (χ3n) is 7.71. The fourth-order valence-corrected chi connectivity index (χ4v) is 5.48. The van der Waals surface area contributed by atoms with Crippen LogP contribution >= 0.6 is 0 Å². The average molecular weight is 515 g/mol. The molecule has 0 spiro atoms. The van der Waals surface area contributed by atoms with Crippen LogP contribution in [0.4, 0.5) is 5.69 Å².